The molecule has 0 amide bonds. The molecule has 0 spiro atoms. The molecule has 4 N–H and O–H groups in total. The molecule has 0 radical (unpaired) electrons. The number of carboxylic acid groups (broad SMARTS) is 1. The van der Waals surface area contributed by atoms with Gasteiger partial charge in [-0.1, -0.05) is 159 Å². The summed E-state index contributed by atoms with van der Waals surface area (Å²) in [4.78, 5) is 45.7. The van der Waals surface area contributed by atoms with Crippen molar-refractivity contribution >= 4 is 25.7 Å². The Morgan fingerprint density at radius 3 is 1.54 bits per heavy atom. The lowest BCUT2D eigenvalue weighted by Crippen LogP contribution is -2.34. The Hall–Kier alpha value is -2.56. The van der Waals surface area contributed by atoms with E-state index in [9.17, 15) is 23.8 Å². The molecule has 0 heterocycles. The largest absolute Gasteiger partial charge is 0.480 e. The van der Waals surface area contributed by atoms with Crippen LogP contribution in [0.15, 0.2) is 48.6 Å². The summed E-state index contributed by atoms with van der Waals surface area (Å²) in [5.41, 5.74) is 5.31. The molecule has 0 bridgehead atoms. The highest BCUT2D eigenvalue weighted by molar-refractivity contribution is 7.47. The Bertz CT molecular complexity index is 1110. The van der Waals surface area contributed by atoms with Crippen LogP contribution >= 0.6 is 7.82 Å². The minimum absolute atomic E-state index is 0.184. The number of phosphoric acid groups is 1. The maximum absolute atomic E-state index is 12.5. The van der Waals surface area contributed by atoms with Crippen LogP contribution in [-0.4, -0.2) is 59.9 Å². The van der Waals surface area contributed by atoms with Crippen molar-refractivity contribution in [1.29, 1.82) is 0 Å². The second-order valence-electron chi connectivity index (χ2n) is 13.9. The van der Waals surface area contributed by atoms with Gasteiger partial charge in [0.05, 0.1) is 13.2 Å². The number of unbranched alkanes of at least 4 members (excludes halogenated alkanes) is 20. The van der Waals surface area contributed by atoms with Gasteiger partial charge < -0.3 is 25.2 Å². The van der Waals surface area contributed by atoms with Gasteiger partial charge in [-0.2, -0.15) is 0 Å². The number of nitrogens with two attached hydrogens (primary N) is 1. The van der Waals surface area contributed by atoms with Crippen molar-refractivity contribution in [1.82, 2.24) is 0 Å². The van der Waals surface area contributed by atoms with E-state index in [0.29, 0.717) is 6.42 Å². The number of esters is 2. The number of hydrogen-bond acceptors (Lipinski definition) is 9. The van der Waals surface area contributed by atoms with E-state index in [1.54, 1.807) is 12.2 Å². The summed E-state index contributed by atoms with van der Waals surface area (Å²) in [6.07, 6.45) is 41.0. The number of carbonyl (C=O) groups is 3. The van der Waals surface area contributed by atoms with Crippen LogP contribution in [0.2, 0.25) is 0 Å². The molecule has 0 saturated heterocycles. The first-order chi connectivity index (χ1) is 26.1. The summed E-state index contributed by atoms with van der Waals surface area (Å²) >= 11 is 0. The Morgan fingerprint density at radius 1 is 0.611 bits per heavy atom. The second kappa shape index (κ2) is 37.4. The highest BCUT2D eigenvalue weighted by atomic mass is 31.2. The highest BCUT2D eigenvalue weighted by Crippen LogP contribution is 2.43. The fraction of sp³-hybridized carbons (Fsp3) is 0.738. The zero-order chi connectivity index (χ0) is 40.0. The number of hydrogen-bond donors (Lipinski definition) is 3. The molecular formula is C42H74NO10P. The van der Waals surface area contributed by atoms with Gasteiger partial charge in [-0.05, 0) is 44.9 Å². The Kier molecular flexibility index (Phi) is 35.6. The van der Waals surface area contributed by atoms with Gasteiger partial charge in [0.25, 0.3) is 0 Å². The zero-order valence-corrected chi connectivity index (χ0v) is 34.4. The van der Waals surface area contributed by atoms with E-state index in [4.69, 9.17) is 24.8 Å². The van der Waals surface area contributed by atoms with Gasteiger partial charge in [-0.3, -0.25) is 18.6 Å². The van der Waals surface area contributed by atoms with Crippen LogP contribution in [0, 0.1) is 0 Å². The quantitative estimate of drug-likeness (QED) is 0.0179. The topological polar surface area (TPSA) is 172 Å². The third-order valence-corrected chi connectivity index (χ3v) is 9.63. The number of rotatable bonds is 38. The molecule has 0 aromatic carbocycles. The molecule has 3 atom stereocenters. The van der Waals surface area contributed by atoms with Crippen molar-refractivity contribution in [3.05, 3.63) is 48.6 Å². The minimum Gasteiger partial charge on any atom is -0.480 e. The third kappa shape index (κ3) is 36.4. The first-order valence-electron chi connectivity index (χ1n) is 20.7. The lowest BCUT2D eigenvalue weighted by molar-refractivity contribution is -0.157. The highest BCUT2D eigenvalue weighted by Gasteiger charge is 2.27. The second-order valence-corrected chi connectivity index (χ2v) is 15.3. The van der Waals surface area contributed by atoms with E-state index in [1.807, 2.05) is 6.08 Å². The van der Waals surface area contributed by atoms with Crippen LogP contribution < -0.4 is 5.73 Å². The number of ether oxygens (including phenoxy) is 2. The molecule has 0 rings (SSSR count). The minimum atomic E-state index is -4.74. The van der Waals surface area contributed by atoms with Gasteiger partial charge in [0, 0.05) is 12.5 Å². The Labute approximate surface area is 326 Å². The average Bonchev–Trinajstić information content (AvgIpc) is 3.14. The molecule has 11 nitrogen and oxygen atoms in total. The number of phosphoric ester groups is 1. The molecule has 54 heavy (non-hydrogen) atoms. The average molecular weight is 784 g/mol. The van der Waals surface area contributed by atoms with E-state index >= 15 is 0 Å². The standard InChI is InChI=1S/C42H74NO10P/c1-3-5-7-9-11-13-15-17-19-21-23-25-27-29-31-33-40(44)50-35-38(36-51-54(48,49)52-37-39(43)42(46)47)53-41(45)34-32-30-28-26-24-22-20-18-16-14-12-10-8-6-4-2/h13,15,17,19,28,30,32,34,38-39H,3-12,14,16,18,20-27,29,31,33,35-37,43H2,1-2H3,(H,46,47)(H,48,49)/b15-13+,19-17+,30-28+,34-32+/t38-,39+/m1/s1. The number of carbonyl (C=O) groups excluding carboxylic acids is 2. The molecule has 0 aromatic rings. The number of aliphatic carboxylic acids is 1. The van der Waals surface area contributed by atoms with Crippen molar-refractivity contribution in [2.45, 2.75) is 180 Å². The van der Waals surface area contributed by atoms with Crippen LogP contribution in [0.25, 0.3) is 0 Å². The lowest BCUT2D eigenvalue weighted by Gasteiger charge is -2.19. The SMILES string of the molecule is CCCCCC/C=C/C=C/CCCCCCCC(=O)OC[C@H](COP(=O)(O)OC[C@H](N)C(=O)O)OC(=O)/C=C/C=C/CCCCCCCCCCCCC. The van der Waals surface area contributed by atoms with Gasteiger partial charge in [0.1, 0.15) is 12.6 Å². The van der Waals surface area contributed by atoms with Crippen LogP contribution in [0.5, 0.6) is 0 Å². The van der Waals surface area contributed by atoms with Crippen molar-refractivity contribution in [2.24, 2.45) is 5.73 Å². The summed E-state index contributed by atoms with van der Waals surface area (Å²) in [6.45, 7) is 2.64. The van der Waals surface area contributed by atoms with Crippen molar-refractivity contribution in [3.63, 3.8) is 0 Å². The molecule has 312 valence electrons. The van der Waals surface area contributed by atoms with Gasteiger partial charge >= 0.3 is 25.7 Å². The van der Waals surface area contributed by atoms with Crippen LogP contribution in [0.1, 0.15) is 168 Å². The first kappa shape index (κ1) is 51.4. The first-order valence-corrected chi connectivity index (χ1v) is 22.2. The lowest BCUT2D eigenvalue weighted by atomic mass is 10.1. The molecule has 0 saturated carbocycles. The molecule has 1 unspecified atom stereocenters. The van der Waals surface area contributed by atoms with Crippen molar-refractivity contribution in [3.8, 4) is 0 Å². The summed E-state index contributed by atoms with van der Waals surface area (Å²) < 4.78 is 32.4. The molecule has 12 heteroatoms. The number of carboxylic acids is 1. The maximum Gasteiger partial charge on any atom is 0.472 e. The van der Waals surface area contributed by atoms with Gasteiger partial charge in [-0.25, -0.2) is 9.36 Å². The van der Waals surface area contributed by atoms with Crippen LogP contribution in [-0.2, 0) is 37.5 Å². The van der Waals surface area contributed by atoms with E-state index in [0.717, 1.165) is 51.4 Å². The number of allylic oxidation sites excluding steroid dienone is 7. The van der Waals surface area contributed by atoms with E-state index in [-0.39, 0.29) is 6.42 Å². The van der Waals surface area contributed by atoms with E-state index in [2.05, 4.69) is 42.7 Å². The van der Waals surface area contributed by atoms with Crippen LogP contribution in [0.4, 0.5) is 0 Å². The fourth-order valence-corrected chi connectivity index (χ4v) is 6.15. The Balaban J connectivity index is 4.53. The summed E-state index contributed by atoms with van der Waals surface area (Å²) in [5, 5.41) is 8.87. The summed E-state index contributed by atoms with van der Waals surface area (Å²) in [7, 11) is -4.74. The molecule has 0 aliphatic rings. The summed E-state index contributed by atoms with van der Waals surface area (Å²) in [6, 6.07) is -1.54. The monoisotopic (exact) mass is 784 g/mol. The van der Waals surface area contributed by atoms with Crippen molar-refractivity contribution in [2.75, 3.05) is 19.8 Å². The molecular weight excluding hydrogens is 709 g/mol. The van der Waals surface area contributed by atoms with Gasteiger partial charge in [0.15, 0.2) is 6.10 Å². The molecule has 0 aromatic heterocycles. The molecule has 0 aliphatic heterocycles. The Morgan fingerprint density at radius 2 is 1.04 bits per heavy atom. The maximum atomic E-state index is 12.5. The molecule has 0 aliphatic carbocycles. The fourth-order valence-electron chi connectivity index (χ4n) is 5.37. The van der Waals surface area contributed by atoms with E-state index < -0.39 is 57.7 Å². The smallest absolute Gasteiger partial charge is 0.472 e. The predicted molar refractivity (Wildman–Crippen MR) is 217 cm³/mol. The van der Waals surface area contributed by atoms with Crippen molar-refractivity contribution < 1.29 is 47.5 Å². The normalized spacial score (nSPS) is 14.3. The van der Waals surface area contributed by atoms with Gasteiger partial charge in [0.2, 0.25) is 0 Å². The van der Waals surface area contributed by atoms with Gasteiger partial charge in [-0.15, -0.1) is 0 Å². The molecule has 0 fully saturated rings. The van der Waals surface area contributed by atoms with E-state index in [1.165, 1.54) is 96.0 Å². The third-order valence-electron chi connectivity index (χ3n) is 8.68. The summed E-state index contributed by atoms with van der Waals surface area (Å²) in [5.74, 6) is -2.66. The van der Waals surface area contributed by atoms with Crippen LogP contribution in [0.3, 0.4) is 0 Å². The predicted octanol–water partition coefficient (Wildman–Crippen LogP) is 10.6. The zero-order valence-electron chi connectivity index (χ0n) is 33.6.